The van der Waals surface area contributed by atoms with Crippen molar-refractivity contribution in [1.29, 1.82) is 0 Å². The highest BCUT2D eigenvalue weighted by Gasteiger charge is 2.42. The minimum absolute atomic E-state index is 0.501. The Morgan fingerprint density at radius 1 is 1.42 bits per heavy atom. The fourth-order valence-corrected chi connectivity index (χ4v) is 1.11. The monoisotopic (exact) mass is 181 g/mol. The lowest BCUT2D eigenvalue weighted by Crippen LogP contribution is -2.60. The average molecular weight is 181 g/mol. The summed E-state index contributed by atoms with van der Waals surface area (Å²) in [6.45, 7) is -0.501. The van der Waals surface area contributed by atoms with Gasteiger partial charge in [-0.1, -0.05) is 0 Å². The lowest BCUT2D eigenvalue weighted by Gasteiger charge is -2.37. The number of hydrogen-bond acceptors (Lipinski definition) is 5. The molecule has 1 heterocycles. The van der Waals surface area contributed by atoms with Crippen molar-refractivity contribution in [3.8, 4) is 0 Å². The largest absolute Gasteiger partial charge is 0.394 e. The van der Waals surface area contributed by atoms with Crippen LogP contribution in [0, 0.1) is 0 Å². The standard InChI is InChI=1S/C6H12FNO4/c7-3-4(8)5(10)2(1-9)12-6(3)11/h2-6,9-11H,1,8H2/t2-,3+,4+,5-,6+/m1/s1. The van der Waals surface area contributed by atoms with Gasteiger partial charge in [0.05, 0.1) is 12.6 Å². The fourth-order valence-electron chi connectivity index (χ4n) is 1.11. The molecule has 72 valence electrons. The lowest BCUT2D eigenvalue weighted by atomic mass is 9.98. The summed E-state index contributed by atoms with van der Waals surface area (Å²) >= 11 is 0. The molecule has 0 aliphatic carbocycles. The molecule has 1 fully saturated rings. The first-order valence-electron chi connectivity index (χ1n) is 3.60. The van der Waals surface area contributed by atoms with Gasteiger partial charge in [0.2, 0.25) is 0 Å². The van der Waals surface area contributed by atoms with Crippen LogP contribution in [-0.2, 0) is 4.74 Å². The molecule has 5 nitrogen and oxygen atoms in total. The number of alkyl halides is 1. The zero-order chi connectivity index (χ0) is 9.30. The molecular weight excluding hydrogens is 169 g/mol. The number of halogens is 1. The molecule has 1 rings (SSSR count). The van der Waals surface area contributed by atoms with Crippen molar-refractivity contribution in [3.63, 3.8) is 0 Å². The van der Waals surface area contributed by atoms with Crippen LogP contribution in [0.4, 0.5) is 4.39 Å². The van der Waals surface area contributed by atoms with Crippen molar-refractivity contribution in [3.05, 3.63) is 0 Å². The van der Waals surface area contributed by atoms with Gasteiger partial charge in [0.25, 0.3) is 0 Å². The summed E-state index contributed by atoms with van der Waals surface area (Å²) in [6.07, 6.45) is -5.78. The molecule has 0 aromatic heterocycles. The summed E-state index contributed by atoms with van der Waals surface area (Å²) in [5.41, 5.74) is 5.20. The van der Waals surface area contributed by atoms with Crippen LogP contribution >= 0.6 is 0 Å². The van der Waals surface area contributed by atoms with E-state index in [0.29, 0.717) is 0 Å². The number of aliphatic hydroxyl groups excluding tert-OH is 3. The predicted molar refractivity (Wildman–Crippen MR) is 36.8 cm³/mol. The zero-order valence-electron chi connectivity index (χ0n) is 6.30. The first-order chi connectivity index (χ1) is 5.57. The van der Waals surface area contributed by atoms with Crippen LogP contribution in [0.3, 0.4) is 0 Å². The minimum Gasteiger partial charge on any atom is -0.394 e. The predicted octanol–water partition coefficient (Wildman–Crippen LogP) is -2.28. The maximum atomic E-state index is 12.8. The van der Waals surface area contributed by atoms with Crippen LogP contribution in [0.1, 0.15) is 0 Å². The van der Waals surface area contributed by atoms with Crippen LogP contribution in [0.2, 0.25) is 0 Å². The number of ether oxygens (including phenoxy) is 1. The Balaban J connectivity index is 2.63. The molecule has 1 saturated heterocycles. The van der Waals surface area contributed by atoms with Crippen molar-refractivity contribution in [2.75, 3.05) is 6.61 Å². The smallest absolute Gasteiger partial charge is 0.188 e. The maximum Gasteiger partial charge on any atom is 0.188 e. The molecule has 5 atom stereocenters. The van der Waals surface area contributed by atoms with E-state index >= 15 is 0 Å². The topological polar surface area (TPSA) is 95.9 Å². The van der Waals surface area contributed by atoms with E-state index in [-0.39, 0.29) is 0 Å². The van der Waals surface area contributed by atoms with E-state index in [1.807, 2.05) is 0 Å². The van der Waals surface area contributed by atoms with E-state index in [4.69, 9.17) is 21.1 Å². The van der Waals surface area contributed by atoms with Gasteiger partial charge in [0, 0.05) is 0 Å². The molecule has 0 bridgehead atoms. The number of hydrogen-bond donors (Lipinski definition) is 4. The Morgan fingerprint density at radius 3 is 2.50 bits per heavy atom. The van der Waals surface area contributed by atoms with E-state index in [1.54, 1.807) is 0 Å². The van der Waals surface area contributed by atoms with Gasteiger partial charge < -0.3 is 25.8 Å². The highest BCUT2D eigenvalue weighted by molar-refractivity contribution is 4.91. The third kappa shape index (κ3) is 1.57. The Kier molecular flexibility index (Phi) is 2.97. The molecule has 0 unspecified atom stereocenters. The van der Waals surface area contributed by atoms with Crippen LogP contribution < -0.4 is 5.73 Å². The third-order valence-electron chi connectivity index (χ3n) is 1.91. The summed E-state index contributed by atoms with van der Waals surface area (Å²) < 4.78 is 17.3. The van der Waals surface area contributed by atoms with Crippen LogP contribution in [0.25, 0.3) is 0 Å². The third-order valence-corrected chi connectivity index (χ3v) is 1.91. The summed E-state index contributed by atoms with van der Waals surface area (Å²) in [6, 6.07) is -1.22. The Bertz CT molecular complexity index is 154. The van der Waals surface area contributed by atoms with Crippen molar-refractivity contribution in [2.24, 2.45) is 5.73 Å². The number of rotatable bonds is 1. The molecule has 0 amide bonds. The normalized spacial score (nSPS) is 49.2. The Morgan fingerprint density at radius 2 is 2.00 bits per heavy atom. The number of nitrogens with two attached hydrogens (primary N) is 1. The zero-order valence-corrected chi connectivity index (χ0v) is 6.30. The summed E-state index contributed by atoms with van der Waals surface area (Å²) in [7, 11) is 0. The van der Waals surface area contributed by atoms with Gasteiger partial charge in [-0.25, -0.2) is 4.39 Å². The Labute approximate surface area is 68.6 Å². The van der Waals surface area contributed by atoms with E-state index in [1.165, 1.54) is 0 Å². The molecule has 1 aliphatic heterocycles. The molecule has 0 aromatic rings. The highest BCUT2D eigenvalue weighted by Crippen LogP contribution is 2.20. The van der Waals surface area contributed by atoms with Crippen molar-refractivity contribution >= 4 is 0 Å². The molecule has 6 heteroatoms. The van der Waals surface area contributed by atoms with Gasteiger partial charge in [0.1, 0.15) is 12.2 Å². The first-order valence-corrected chi connectivity index (χ1v) is 3.60. The van der Waals surface area contributed by atoms with Gasteiger partial charge in [-0.15, -0.1) is 0 Å². The molecule has 0 radical (unpaired) electrons. The van der Waals surface area contributed by atoms with E-state index < -0.39 is 37.3 Å². The van der Waals surface area contributed by atoms with Crippen molar-refractivity contribution < 1.29 is 24.4 Å². The van der Waals surface area contributed by atoms with E-state index in [0.717, 1.165) is 0 Å². The quantitative estimate of drug-likeness (QED) is 0.365. The van der Waals surface area contributed by atoms with Crippen molar-refractivity contribution in [1.82, 2.24) is 0 Å². The van der Waals surface area contributed by atoms with Gasteiger partial charge in [-0.2, -0.15) is 0 Å². The average Bonchev–Trinajstić information content (AvgIpc) is 2.08. The Hall–Kier alpha value is -0.270. The van der Waals surface area contributed by atoms with Crippen LogP contribution in [0.5, 0.6) is 0 Å². The first kappa shape index (κ1) is 9.82. The summed E-state index contributed by atoms with van der Waals surface area (Å²) in [5.74, 6) is 0. The van der Waals surface area contributed by atoms with E-state index in [9.17, 15) is 4.39 Å². The number of aliphatic hydroxyl groups is 3. The molecule has 12 heavy (non-hydrogen) atoms. The highest BCUT2D eigenvalue weighted by atomic mass is 19.1. The second-order valence-electron chi connectivity index (χ2n) is 2.76. The molecule has 0 aromatic carbocycles. The summed E-state index contributed by atoms with van der Waals surface area (Å²) in [4.78, 5) is 0. The fraction of sp³-hybridized carbons (Fsp3) is 1.00. The molecule has 5 N–H and O–H groups in total. The van der Waals surface area contributed by atoms with Crippen LogP contribution in [0.15, 0.2) is 0 Å². The van der Waals surface area contributed by atoms with Crippen molar-refractivity contribution in [2.45, 2.75) is 30.7 Å². The van der Waals surface area contributed by atoms with Gasteiger partial charge in [-0.3, -0.25) is 0 Å². The van der Waals surface area contributed by atoms with Gasteiger partial charge in [0.15, 0.2) is 12.5 Å². The van der Waals surface area contributed by atoms with E-state index in [2.05, 4.69) is 4.74 Å². The maximum absolute atomic E-state index is 12.8. The van der Waals surface area contributed by atoms with Crippen LogP contribution in [-0.4, -0.2) is 52.6 Å². The molecule has 1 aliphatic rings. The van der Waals surface area contributed by atoms with Gasteiger partial charge in [-0.05, 0) is 0 Å². The SMILES string of the molecule is N[C@@H]1[C@H](O)[C@@H](CO)O[C@H](O)[C@H]1F. The molecule has 0 saturated carbocycles. The molecular formula is C6H12FNO4. The minimum atomic E-state index is -1.82. The lowest BCUT2D eigenvalue weighted by molar-refractivity contribution is -0.243. The van der Waals surface area contributed by atoms with Gasteiger partial charge >= 0.3 is 0 Å². The summed E-state index contributed by atoms with van der Waals surface area (Å²) in [5, 5.41) is 26.6. The second-order valence-corrected chi connectivity index (χ2v) is 2.76. The molecule has 0 spiro atoms. The second kappa shape index (κ2) is 3.63.